The van der Waals surface area contributed by atoms with E-state index in [0.717, 1.165) is 17.7 Å². The van der Waals surface area contributed by atoms with Crippen LogP contribution in [0, 0.1) is 0 Å². The van der Waals surface area contributed by atoms with Gasteiger partial charge in [-0.3, -0.25) is 0 Å². The Morgan fingerprint density at radius 1 is 1.06 bits per heavy atom. The van der Waals surface area contributed by atoms with Crippen LogP contribution in [0.5, 0.6) is 23.1 Å². The third-order valence-electron chi connectivity index (χ3n) is 4.87. The number of fused-ring (bicyclic) bond motifs is 1. The molecule has 0 unspecified atom stereocenters. The zero-order valence-corrected chi connectivity index (χ0v) is 21.4. The number of nitrogens with one attached hydrogen (secondary N) is 2. The number of halogens is 1. The lowest BCUT2D eigenvalue weighted by Crippen LogP contribution is -2.24. The van der Waals surface area contributed by atoms with Crippen molar-refractivity contribution in [2.24, 2.45) is 0 Å². The fourth-order valence-electron chi connectivity index (χ4n) is 3.61. The predicted molar refractivity (Wildman–Crippen MR) is 136 cm³/mol. The number of aromatic nitrogens is 1. The highest BCUT2D eigenvalue weighted by molar-refractivity contribution is 9.10. The molecule has 0 fully saturated rings. The van der Waals surface area contributed by atoms with Gasteiger partial charge in [0.15, 0.2) is 11.5 Å². The number of pyridine rings is 1. The van der Waals surface area contributed by atoms with Crippen molar-refractivity contribution >= 4 is 33.3 Å². The standard InChI is InChI=1S/C26H28BrN3O4/c1-25(2,3)33-18-11-9-17(10-12-18)28-24(31)29-19-13-14-21(27)30-23(19)32-20-8-6-7-16-15-26(4,5)34-22(16)20/h6-14H,15H2,1-5H3,(H2,28,29,31). The summed E-state index contributed by atoms with van der Waals surface area (Å²) in [7, 11) is 0. The SMILES string of the molecule is CC(C)(C)Oc1ccc(NC(=O)Nc2ccc(Br)nc2Oc2cccc3c2OC(C)(C)C3)cc1. The maximum absolute atomic E-state index is 12.7. The molecule has 178 valence electrons. The highest BCUT2D eigenvalue weighted by Crippen LogP contribution is 2.44. The summed E-state index contributed by atoms with van der Waals surface area (Å²) in [6, 6.07) is 16.0. The summed E-state index contributed by atoms with van der Waals surface area (Å²) < 4.78 is 18.6. The van der Waals surface area contributed by atoms with Crippen molar-refractivity contribution in [2.45, 2.75) is 52.2 Å². The Labute approximate surface area is 208 Å². The predicted octanol–water partition coefficient (Wildman–Crippen LogP) is 7.17. The van der Waals surface area contributed by atoms with Gasteiger partial charge in [-0.1, -0.05) is 12.1 Å². The van der Waals surface area contributed by atoms with Crippen LogP contribution in [0.15, 0.2) is 59.2 Å². The van der Waals surface area contributed by atoms with Gasteiger partial charge in [0.25, 0.3) is 0 Å². The monoisotopic (exact) mass is 525 g/mol. The molecular weight excluding hydrogens is 498 g/mol. The Morgan fingerprint density at radius 3 is 2.50 bits per heavy atom. The number of hydrogen-bond donors (Lipinski definition) is 2. The van der Waals surface area contributed by atoms with Gasteiger partial charge in [-0.05, 0) is 93.0 Å². The third-order valence-corrected chi connectivity index (χ3v) is 5.31. The van der Waals surface area contributed by atoms with Gasteiger partial charge in [-0.15, -0.1) is 0 Å². The van der Waals surface area contributed by atoms with E-state index in [9.17, 15) is 4.79 Å². The van der Waals surface area contributed by atoms with Crippen molar-refractivity contribution in [3.05, 3.63) is 64.8 Å². The number of benzene rings is 2. The minimum absolute atomic E-state index is 0.250. The molecule has 34 heavy (non-hydrogen) atoms. The lowest BCUT2D eigenvalue weighted by atomic mass is 10.0. The minimum atomic E-state index is -0.422. The first-order valence-corrected chi connectivity index (χ1v) is 11.8. The zero-order valence-electron chi connectivity index (χ0n) is 19.9. The molecule has 1 aromatic heterocycles. The number of carbonyl (C=O) groups is 1. The fraction of sp³-hybridized carbons (Fsp3) is 0.308. The summed E-state index contributed by atoms with van der Waals surface area (Å²) in [4.78, 5) is 17.1. The van der Waals surface area contributed by atoms with Crippen molar-refractivity contribution in [3.8, 4) is 23.1 Å². The van der Waals surface area contributed by atoms with E-state index in [-0.39, 0.29) is 17.1 Å². The molecule has 2 heterocycles. The van der Waals surface area contributed by atoms with Gasteiger partial charge in [0, 0.05) is 17.7 Å². The zero-order chi connectivity index (χ0) is 24.5. The van der Waals surface area contributed by atoms with Crippen LogP contribution < -0.4 is 24.8 Å². The first kappa shape index (κ1) is 23.9. The van der Waals surface area contributed by atoms with Gasteiger partial charge in [0.2, 0.25) is 5.88 Å². The van der Waals surface area contributed by atoms with Crippen LogP contribution in [0.2, 0.25) is 0 Å². The largest absolute Gasteiger partial charge is 0.488 e. The molecule has 8 heteroatoms. The van der Waals surface area contributed by atoms with E-state index in [4.69, 9.17) is 14.2 Å². The van der Waals surface area contributed by atoms with E-state index in [0.29, 0.717) is 27.5 Å². The quantitative estimate of drug-likeness (QED) is 0.345. The second-order valence-electron chi connectivity index (χ2n) is 9.69. The van der Waals surface area contributed by atoms with Crippen molar-refractivity contribution in [1.29, 1.82) is 0 Å². The molecule has 0 atom stereocenters. The average molecular weight is 526 g/mol. The molecule has 0 saturated carbocycles. The van der Waals surface area contributed by atoms with Crippen LogP contribution in [-0.4, -0.2) is 22.2 Å². The van der Waals surface area contributed by atoms with E-state index in [1.54, 1.807) is 24.3 Å². The fourth-order valence-corrected chi connectivity index (χ4v) is 3.90. The molecule has 1 aliphatic heterocycles. The first-order valence-electron chi connectivity index (χ1n) is 11.0. The Hall–Kier alpha value is -3.26. The number of anilines is 2. The van der Waals surface area contributed by atoms with Crippen molar-refractivity contribution < 1.29 is 19.0 Å². The molecule has 0 aliphatic carbocycles. The number of rotatable bonds is 5. The molecule has 3 aromatic rings. The van der Waals surface area contributed by atoms with Gasteiger partial charge in [-0.25, -0.2) is 9.78 Å². The number of urea groups is 1. The molecule has 0 bridgehead atoms. The third kappa shape index (κ3) is 5.99. The van der Waals surface area contributed by atoms with E-state index in [2.05, 4.69) is 31.5 Å². The van der Waals surface area contributed by atoms with Gasteiger partial charge in [0.05, 0.1) is 0 Å². The second-order valence-corrected chi connectivity index (χ2v) is 10.5. The van der Waals surface area contributed by atoms with Crippen molar-refractivity contribution in [2.75, 3.05) is 10.6 Å². The summed E-state index contributed by atoms with van der Waals surface area (Å²) in [5.41, 5.74) is 1.52. The average Bonchev–Trinajstić information content (AvgIpc) is 3.05. The molecule has 0 spiro atoms. The Morgan fingerprint density at radius 2 is 1.79 bits per heavy atom. The molecule has 2 N–H and O–H groups in total. The molecule has 7 nitrogen and oxygen atoms in total. The van der Waals surface area contributed by atoms with Gasteiger partial charge >= 0.3 is 6.03 Å². The smallest absolute Gasteiger partial charge is 0.323 e. The molecular formula is C26H28BrN3O4. The Bertz CT molecular complexity index is 1200. The number of hydrogen-bond acceptors (Lipinski definition) is 5. The lowest BCUT2D eigenvalue weighted by Gasteiger charge is -2.21. The molecule has 2 aromatic carbocycles. The molecule has 2 amide bonds. The van der Waals surface area contributed by atoms with E-state index in [1.165, 1.54) is 0 Å². The Balaban J connectivity index is 1.48. The number of ether oxygens (including phenoxy) is 3. The van der Waals surface area contributed by atoms with E-state index >= 15 is 0 Å². The first-order chi connectivity index (χ1) is 16.0. The summed E-state index contributed by atoms with van der Waals surface area (Å²) in [5, 5.41) is 5.63. The van der Waals surface area contributed by atoms with E-state index in [1.807, 2.05) is 65.0 Å². The number of amides is 2. The van der Waals surface area contributed by atoms with Gasteiger partial charge in [-0.2, -0.15) is 0 Å². The maximum atomic E-state index is 12.7. The van der Waals surface area contributed by atoms with Crippen molar-refractivity contribution in [1.82, 2.24) is 4.98 Å². The van der Waals surface area contributed by atoms with Crippen molar-refractivity contribution in [3.63, 3.8) is 0 Å². The Kier molecular flexibility index (Phi) is 6.45. The summed E-state index contributed by atoms with van der Waals surface area (Å²) in [6.45, 7) is 10.0. The van der Waals surface area contributed by atoms with Crippen LogP contribution in [-0.2, 0) is 6.42 Å². The van der Waals surface area contributed by atoms with Crippen LogP contribution in [0.25, 0.3) is 0 Å². The highest BCUT2D eigenvalue weighted by atomic mass is 79.9. The second kappa shape index (κ2) is 9.18. The molecule has 0 saturated heterocycles. The number of nitrogens with zero attached hydrogens (tertiary/aromatic N) is 1. The summed E-state index contributed by atoms with van der Waals surface area (Å²) in [6.07, 6.45) is 0.790. The van der Waals surface area contributed by atoms with Gasteiger partial charge in [0.1, 0.15) is 27.2 Å². The van der Waals surface area contributed by atoms with Crippen LogP contribution in [0.1, 0.15) is 40.2 Å². The maximum Gasteiger partial charge on any atom is 0.323 e. The lowest BCUT2D eigenvalue weighted by molar-refractivity contribution is 0.131. The molecule has 1 aliphatic rings. The topological polar surface area (TPSA) is 81.7 Å². The summed E-state index contributed by atoms with van der Waals surface area (Å²) in [5.74, 6) is 2.22. The van der Waals surface area contributed by atoms with Crippen LogP contribution in [0.3, 0.4) is 0 Å². The molecule has 4 rings (SSSR count). The molecule has 0 radical (unpaired) electrons. The van der Waals surface area contributed by atoms with Crippen LogP contribution in [0.4, 0.5) is 16.2 Å². The van der Waals surface area contributed by atoms with E-state index < -0.39 is 6.03 Å². The minimum Gasteiger partial charge on any atom is -0.488 e. The summed E-state index contributed by atoms with van der Waals surface area (Å²) >= 11 is 3.38. The number of para-hydroxylation sites is 1. The normalized spacial score (nSPS) is 14.1. The van der Waals surface area contributed by atoms with Crippen LogP contribution >= 0.6 is 15.9 Å². The highest BCUT2D eigenvalue weighted by Gasteiger charge is 2.32. The van der Waals surface area contributed by atoms with Gasteiger partial charge < -0.3 is 24.8 Å². The number of carbonyl (C=O) groups excluding carboxylic acids is 1.